The summed E-state index contributed by atoms with van der Waals surface area (Å²) in [7, 11) is 2.00. The van der Waals surface area contributed by atoms with Gasteiger partial charge in [-0.15, -0.1) is 0 Å². The average molecular weight is 681 g/mol. The highest BCUT2D eigenvalue weighted by Gasteiger charge is 2.34. The fourth-order valence-electron chi connectivity index (χ4n) is 5.57. The highest BCUT2D eigenvalue weighted by Crippen LogP contribution is 2.21. The maximum Gasteiger partial charge on any atom is 0.323 e. The first-order valence-electron chi connectivity index (χ1n) is 17.3. The van der Waals surface area contributed by atoms with Crippen LogP contribution in [0.4, 0.5) is 0 Å². The van der Waals surface area contributed by atoms with Crippen molar-refractivity contribution in [2.45, 2.75) is 117 Å². The van der Waals surface area contributed by atoms with Crippen LogP contribution in [0.1, 0.15) is 91.1 Å². The Morgan fingerprint density at radius 1 is 0.714 bits per heavy atom. The van der Waals surface area contributed by atoms with Crippen LogP contribution in [-0.4, -0.2) is 99.9 Å². The van der Waals surface area contributed by atoms with Gasteiger partial charge in [-0.3, -0.25) is 29.2 Å². The Morgan fingerprint density at radius 3 is 1.67 bits per heavy atom. The molecule has 0 amide bonds. The zero-order chi connectivity index (χ0) is 36.2. The monoisotopic (exact) mass is 680 g/mol. The molecule has 2 aromatic rings. The Labute approximate surface area is 292 Å². The minimum atomic E-state index is -0.707. The lowest BCUT2D eigenvalue weighted by Crippen LogP contribution is -2.49. The third-order valence-electron chi connectivity index (χ3n) is 8.01. The van der Waals surface area contributed by atoms with Crippen LogP contribution in [0.25, 0.3) is 0 Å². The molecule has 1 aromatic heterocycles. The van der Waals surface area contributed by atoms with Crippen LogP contribution >= 0.6 is 0 Å². The minimum absolute atomic E-state index is 0.0178. The number of carbonyl (C=O) groups excluding carboxylic acids is 4. The number of likely N-dealkylation sites (N-methyl/N-ethyl adjacent to an activating group) is 1. The van der Waals surface area contributed by atoms with E-state index >= 15 is 0 Å². The largest absolute Gasteiger partial charge is 0.461 e. The molecule has 3 rings (SSSR count). The molecule has 1 aliphatic heterocycles. The number of pyridine rings is 1. The summed E-state index contributed by atoms with van der Waals surface area (Å²) in [6, 6.07) is 13.9. The summed E-state index contributed by atoms with van der Waals surface area (Å²) in [5.74, 6) is -1.11. The normalized spacial score (nSPS) is 16.8. The van der Waals surface area contributed by atoms with Crippen molar-refractivity contribution in [1.82, 2.24) is 19.7 Å². The van der Waals surface area contributed by atoms with E-state index in [4.69, 9.17) is 19.2 Å². The van der Waals surface area contributed by atoms with E-state index in [1.165, 1.54) is 6.92 Å². The predicted molar refractivity (Wildman–Crippen MR) is 187 cm³/mol. The molecular weight excluding hydrogens is 624 g/mol. The van der Waals surface area contributed by atoms with Crippen molar-refractivity contribution in [2.75, 3.05) is 33.2 Å². The van der Waals surface area contributed by atoms with Crippen molar-refractivity contribution < 1.29 is 33.4 Å². The summed E-state index contributed by atoms with van der Waals surface area (Å²) < 4.78 is 17.2. The number of esters is 3. The number of ether oxygens (including phenoxy) is 3. The number of aromatic nitrogens is 1. The average Bonchev–Trinajstić information content (AvgIpc) is 2.99. The summed E-state index contributed by atoms with van der Waals surface area (Å²) in [6.07, 6.45) is 0.905. The molecule has 270 valence electrons. The van der Waals surface area contributed by atoms with Crippen LogP contribution in [0.3, 0.4) is 0 Å². The van der Waals surface area contributed by atoms with Gasteiger partial charge in [-0.05, 0) is 86.1 Å². The van der Waals surface area contributed by atoms with E-state index in [-0.39, 0.29) is 43.6 Å². The van der Waals surface area contributed by atoms with Gasteiger partial charge in [0.25, 0.3) is 0 Å². The fourth-order valence-corrected chi connectivity index (χ4v) is 5.57. The molecule has 0 radical (unpaired) electrons. The van der Waals surface area contributed by atoms with Gasteiger partial charge in [-0.2, -0.15) is 0 Å². The number of nitrogens with zero attached hydrogens (tertiary/aromatic N) is 4. The van der Waals surface area contributed by atoms with Crippen LogP contribution < -0.4 is 0 Å². The molecule has 0 fully saturated rings. The number of hydrogen-bond donors (Lipinski definition) is 0. The predicted octanol–water partition coefficient (Wildman–Crippen LogP) is 4.94. The quantitative estimate of drug-likeness (QED) is 0.224. The standard InChI is InChI=1S/C38H56N4O7/c1-28(43)17-18-32(35(45)48-37(2,3)4)41-23-21-40(8)22-24-42(26-31-16-12-15-30(25-41)39-31)33(36(46)49-38(5,6)7)19-20-34(44)47-27-29-13-10-9-11-14-29/h9-16,32-33H,17-27H2,1-8H3/t32-,33-/m0/s1. The van der Waals surface area contributed by atoms with E-state index in [2.05, 4.69) is 9.80 Å². The molecule has 49 heavy (non-hydrogen) atoms. The molecule has 1 aliphatic rings. The zero-order valence-electron chi connectivity index (χ0n) is 30.7. The van der Waals surface area contributed by atoms with Crippen molar-refractivity contribution in [3.05, 3.63) is 65.5 Å². The molecule has 0 aliphatic carbocycles. The molecule has 2 atom stereocenters. The zero-order valence-corrected chi connectivity index (χ0v) is 30.7. The summed E-state index contributed by atoms with van der Waals surface area (Å²) in [5, 5.41) is 0. The van der Waals surface area contributed by atoms with E-state index in [9.17, 15) is 19.2 Å². The first-order valence-corrected chi connectivity index (χ1v) is 17.3. The summed E-state index contributed by atoms with van der Waals surface area (Å²) >= 11 is 0. The molecule has 11 nitrogen and oxygen atoms in total. The van der Waals surface area contributed by atoms with Crippen LogP contribution in [0.5, 0.6) is 0 Å². The van der Waals surface area contributed by atoms with Gasteiger partial charge in [0.05, 0.1) is 11.4 Å². The Morgan fingerprint density at radius 2 is 1.20 bits per heavy atom. The number of carbonyl (C=O) groups is 4. The second-order valence-electron chi connectivity index (χ2n) is 14.9. The van der Waals surface area contributed by atoms with E-state index in [1.807, 2.05) is 102 Å². The fraction of sp³-hybridized carbons (Fsp3) is 0.605. The van der Waals surface area contributed by atoms with Crippen LogP contribution in [0, 0.1) is 0 Å². The molecular formula is C38H56N4O7. The number of ketones is 1. The van der Waals surface area contributed by atoms with Crippen LogP contribution in [0.2, 0.25) is 0 Å². The number of benzene rings is 1. The van der Waals surface area contributed by atoms with Crippen molar-refractivity contribution in [3.8, 4) is 0 Å². The van der Waals surface area contributed by atoms with E-state index in [0.717, 1.165) is 17.0 Å². The summed E-state index contributed by atoms with van der Waals surface area (Å²) in [4.78, 5) is 63.2. The third-order valence-corrected chi connectivity index (χ3v) is 8.01. The highest BCUT2D eigenvalue weighted by molar-refractivity contribution is 5.79. The molecule has 0 saturated carbocycles. The smallest absolute Gasteiger partial charge is 0.323 e. The Balaban J connectivity index is 1.87. The van der Waals surface area contributed by atoms with Gasteiger partial charge in [0.15, 0.2) is 0 Å². The van der Waals surface area contributed by atoms with Gasteiger partial charge in [-0.1, -0.05) is 36.4 Å². The number of fused-ring (bicyclic) bond motifs is 2. The van der Waals surface area contributed by atoms with Crippen molar-refractivity contribution >= 4 is 23.7 Å². The topological polar surface area (TPSA) is 119 Å². The first-order chi connectivity index (χ1) is 23.0. The number of hydrogen-bond acceptors (Lipinski definition) is 11. The lowest BCUT2D eigenvalue weighted by Gasteiger charge is -2.36. The number of rotatable bonds is 12. The molecule has 11 heteroatoms. The molecule has 1 aromatic carbocycles. The van der Waals surface area contributed by atoms with Crippen LogP contribution in [0.15, 0.2) is 48.5 Å². The summed E-state index contributed by atoms with van der Waals surface area (Å²) in [5.41, 5.74) is 1.03. The molecule has 0 saturated heterocycles. The highest BCUT2D eigenvalue weighted by atomic mass is 16.6. The molecule has 0 unspecified atom stereocenters. The van der Waals surface area contributed by atoms with Gasteiger partial charge < -0.3 is 23.9 Å². The van der Waals surface area contributed by atoms with Crippen molar-refractivity contribution in [1.29, 1.82) is 0 Å². The van der Waals surface area contributed by atoms with Gasteiger partial charge in [-0.25, -0.2) is 0 Å². The second-order valence-corrected chi connectivity index (χ2v) is 14.9. The van der Waals surface area contributed by atoms with Crippen LogP contribution in [-0.2, 0) is 53.1 Å². The van der Waals surface area contributed by atoms with E-state index < -0.39 is 29.3 Å². The van der Waals surface area contributed by atoms with Gasteiger partial charge in [0, 0.05) is 52.1 Å². The maximum absolute atomic E-state index is 13.7. The lowest BCUT2D eigenvalue weighted by molar-refractivity contribution is -0.163. The lowest BCUT2D eigenvalue weighted by atomic mass is 10.1. The number of Topliss-reactive ketones (excluding diaryl/α,β-unsaturated/α-hetero) is 1. The Bertz CT molecular complexity index is 1390. The van der Waals surface area contributed by atoms with Gasteiger partial charge in [0.2, 0.25) is 0 Å². The molecule has 2 bridgehead atoms. The first kappa shape index (κ1) is 39.8. The van der Waals surface area contributed by atoms with Gasteiger partial charge in [0.1, 0.15) is 35.7 Å². The SMILES string of the molecule is CC(=O)CC[C@@H](C(=O)OC(C)(C)C)N1CCN(C)CCN([C@@H](CCC(=O)OCc2ccccc2)C(=O)OC(C)(C)C)Cc2cccc(n2)C1. The van der Waals surface area contributed by atoms with Crippen molar-refractivity contribution in [3.63, 3.8) is 0 Å². The Kier molecular flexibility index (Phi) is 14.9. The van der Waals surface area contributed by atoms with E-state index in [0.29, 0.717) is 45.7 Å². The molecule has 0 N–H and O–H groups in total. The van der Waals surface area contributed by atoms with Gasteiger partial charge >= 0.3 is 17.9 Å². The molecule has 0 spiro atoms. The van der Waals surface area contributed by atoms with Crippen molar-refractivity contribution in [2.24, 2.45) is 0 Å². The molecule has 2 heterocycles. The second kappa shape index (κ2) is 18.4. The Hall–Kier alpha value is -3.67. The summed E-state index contributed by atoms with van der Waals surface area (Å²) in [6.45, 7) is 15.7. The minimum Gasteiger partial charge on any atom is -0.461 e. The van der Waals surface area contributed by atoms with E-state index in [1.54, 1.807) is 0 Å². The third kappa shape index (κ3) is 14.8. The maximum atomic E-state index is 13.7.